The largest absolute Gasteiger partial charge is 0.398 e. The van der Waals surface area contributed by atoms with Crippen molar-refractivity contribution in [1.82, 2.24) is 4.98 Å². The standard InChI is InChI=1S/C14H14BrN3/c15-10-4-5-11(17-8-10)9-18-7-6-12-13(16)2-1-3-14(12)18/h1-5,8H,6-7,9,16H2. The van der Waals surface area contributed by atoms with Gasteiger partial charge in [0.1, 0.15) is 0 Å². The molecule has 2 aromatic rings. The molecule has 1 aromatic carbocycles. The Balaban J connectivity index is 1.85. The van der Waals surface area contributed by atoms with Crippen molar-refractivity contribution in [3.8, 4) is 0 Å². The van der Waals surface area contributed by atoms with E-state index in [1.807, 2.05) is 30.5 Å². The molecular weight excluding hydrogens is 290 g/mol. The maximum Gasteiger partial charge on any atom is 0.0602 e. The number of pyridine rings is 1. The van der Waals surface area contributed by atoms with Crippen LogP contribution in [0.1, 0.15) is 11.3 Å². The first-order valence-corrected chi connectivity index (χ1v) is 6.76. The molecule has 2 N–H and O–H groups in total. The van der Waals surface area contributed by atoms with E-state index in [0.717, 1.165) is 35.4 Å². The Morgan fingerprint density at radius 3 is 2.94 bits per heavy atom. The van der Waals surface area contributed by atoms with Gasteiger partial charge >= 0.3 is 0 Å². The molecule has 0 radical (unpaired) electrons. The quantitative estimate of drug-likeness (QED) is 0.867. The fraction of sp³-hybridized carbons (Fsp3) is 0.214. The predicted octanol–water partition coefficient (Wildman–Crippen LogP) is 2.99. The molecule has 0 aliphatic carbocycles. The van der Waals surface area contributed by atoms with Gasteiger partial charge in [-0.25, -0.2) is 0 Å². The van der Waals surface area contributed by atoms with Gasteiger partial charge in [0.15, 0.2) is 0 Å². The first-order chi connectivity index (χ1) is 8.74. The number of nitrogens with zero attached hydrogens (tertiary/aromatic N) is 2. The molecule has 92 valence electrons. The summed E-state index contributed by atoms with van der Waals surface area (Å²) in [5.74, 6) is 0. The van der Waals surface area contributed by atoms with Gasteiger partial charge < -0.3 is 10.6 Å². The lowest BCUT2D eigenvalue weighted by Crippen LogP contribution is -2.20. The monoisotopic (exact) mass is 303 g/mol. The summed E-state index contributed by atoms with van der Waals surface area (Å²) >= 11 is 3.40. The highest BCUT2D eigenvalue weighted by Gasteiger charge is 2.20. The molecule has 3 rings (SSSR count). The minimum Gasteiger partial charge on any atom is -0.398 e. The lowest BCUT2D eigenvalue weighted by molar-refractivity contribution is 0.814. The third-order valence-corrected chi connectivity index (χ3v) is 3.77. The Hall–Kier alpha value is -1.55. The van der Waals surface area contributed by atoms with Crippen LogP contribution in [-0.2, 0) is 13.0 Å². The zero-order valence-electron chi connectivity index (χ0n) is 9.94. The molecule has 0 amide bonds. The molecule has 1 aliphatic rings. The molecule has 0 fully saturated rings. The van der Waals surface area contributed by atoms with Crippen LogP contribution in [0.4, 0.5) is 11.4 Å². The minimum atomic E-state index is 0.837. The summed E-state index contributed by atoms with van der Waals surface area (Å²) in [6.07, 6.45) is 2.87. The second-order valence-electron chi connectivity index (χ2n) is 4.48. The molecular formula is C14H14BrN3. The van der Waals surface area contributed by atoms with Gasteiger partial charge in [-0.15, -0.1) is 0 Å². The molecule has 0 bridgehead atoms. The van der Waals surface area contributed by atoms with Crippen molar-refractivity contribution in [3.63, 3.8) is 0 Å². The molecule has 3 nitrogen and oxygen atoms in total. The lowest BCUT2D eigenvalue weighted by atomic mass is 10.1. The van der Waals surface area contributed by atoms with Crippen LogP contribution in [0.25, 0.3) is 0 Å². The van der Waals surface area contributed by atoms with Crippen LogP contribution in [0.3, 0.4) is 0 Å². The van der Waals surface area contributed by atoms with Crippen LogP contribution in [0, 0.1) is 0 Å². The smallest absolute Gasteiger partial charge is 0.0602 e. The van der Waals surface area contributed by atoms with Gasteiger partial charge in [-0.05, 0) is 46.6 Å². The van der Waals surface area contributed by atoms with Crippen LogP contribution in [0.5, 0.6) is 0 Å². The van der Waals surface area contributed by atoms with E-state index in [4.69, 9.17) is 5.73 Å². The number of halogens is 1. The molecule has 1 aromatic heterocycles. The van der Waals surface area contributed by atoms with E-state index in [2.05, 4.69) is 31.9 Å². The second kappa shape index (κ2) is 4.61. The fourth-order valence-electron chi connectivity index (χ4n) is 2.39. The van der Waals surface area contributed by atoms with Crippen molar-refractivity contribution in [2.45, 2.75) is 13.0 Å². The van der Waals surface area contributed by atoms with Crippen molar-refractivity contribution < 1.29 is 0 Å². The zero-order valence-corrected chi connectivity index (χ0v) is 11.5. The van der Waals surface area contributed by atoms with E-state index in [1.165, 1.54) is 11.3 Å². The van der Waals surface area contributed by atoms with Crippen molar-refractivity contribution >= 4 is 27.3 Å². The minimum absolute atomic E-state index is 0.837. The number of aromatic nitrogens is 1. The number of anilines is 2. The molecule has 0 saturated carbocycles. The number of rotatable bonds is 2. The summed E-state index contributed by atoms with van der Waals surface area (Å²) in [6, 6.07) is 10.2. The van der Waals surface area contributed by atoms with E-state index in [-0.39, 0.29) is 0 Å². The Labute approximate surface area is 115 Å². The van der Waals surface area contributed by atoms with Crippen molar-refractivity contribution in [2.24, 2.45) is 0 Å². The van der Waals surface area contributed by atoms with E-state index in [0.29, 0.717) is 0 Å². The highest BCUT2D eigenvalue weighted by molar-refractivity contribution is 9.10. The van der Waals surface area contributed by atoms with Gasteiger partial charge in [0.05, 0.1) is 12.2 Å². The lowest BCUT2D eigenvalue weighted by Gasteiger charge is -2.19. The predicted molar refractivity (Wildman–Crippen MR) is 77.5 cm³/mol. The summed E-state index contributed by atoms with van der Waals surface area (Å²) in [5.41, 5.74) is 10.5. The third kappa shape index (κ3) is 2.08. The van der Waals surface area contributed by atoms with Gasteiger partial charge in [-0.2, -0.15) is 0 Å². The van der Waals surface area contributed by atoms with Crippen LogP contribution in [-0.4, -0.2) is 11.5 Å². The first-order valence-electron chi connectivity index (χ1n) is 5.97. The zero-order chi connectivity index (χ0) is 12.5. The third-order valence-electron chi connectivity index (χ3n) is 3.30. The summed E-state index contributed by atoms with van der Waals surface area (Å²) < 4.78 is 1.01. The van der Waals surface area contributed by atoms with Gasteiger partial charge in [0.25, 0.3) is 0 Å². The Kier molecular flexibility index (Phi) is 2.96. The number of hydrogen-bond acceptors (Lipinski definition) is 3. The average molecular weight is 304 g/mol. The SMILES string of the molecule is Nc1cccc2c1CCN2Cc1ccc(Br)cn1. The van der Waals surface area contributed by atoms with E-state index < -0.39 is 0 Å². The van der Waals surface area contributed by atoms with Crippen molar-refractivity contribution in [3.05, 3.63) is 52.3 Å². The van der Waals surface area contributed by atoms with Crippen LogP contribution in [0.2, 0.25) is 0 Å². The number of benzene rings is 1. The van der Waals surface area contributed by atoms with Gasteiger partial charge in [-0.1, -0.05) is 6.07 Å². The highest BCUT2D eigenvalue weighted by Crippen LogP contribution is 2.32. The van der Waals surface area contributed by atoms with E-state index >= 15 is 0 Å². The maximum atomic E-state index is 6.00. The molecule has 1 aliphatic heterocycles. The molecule has 0 saturated heterocycles. The van der Waals surface area contributed by atoms with E-state index in [9.17, 15) is 0 Å². The van der Waals surface area contributed by atoms with Gasteiger partial charge in [-0.3, -0.25) is 4.98 Å². The number of hydrogen-bond donors (Lipinski definition) is 1. The molecule has 0 atom stereocenters. The summed E-state index contributed by atoms with van der Waals surface area (Å²) in [6.45, 7) is 1.85. The van der Waals surface area contributed by atoms with Crippen LogP contribution >= 0.6 is 15.9 Å². The van der Waals surface area contributed by atoms with Crippen LogP contribution < -0.4 is 10.6 Å². The first kappa shape index (κ1) is 11.5. The molecule has 0 spiro atoms. The summed E-state index contributed by atoms with van der Waals surface area (Å²) in [4.78, 5) is 6.75. The maximum absolute atomic E-state index is 6.00. The summed E-state index contributed by atoms with van der Waals surface area (Å²) in [5, 5.41) is 0. The van der Waals surface area contributed by atoms with E-state index in [1.54, 1.807) is 0 Å². The van der Waals surface area contributed by atoms with Gasteiger partial charge in [0, 0.05) is 34.2 Å². The fourth-order valence-corrected chi connectivity index (χ4v) is 2.62. The number of nitrogens with two attached hydrogens (primary N) is 1. The average Bonchev–Trinajstić information content (AvgIpc) is 2.77. The molecule has 4 heteroatoms. The topological polar surface area (TPSA) is 42.1 Å². The van der Waals surface area contributed by atoms with Crippen LogP contribution in [0.15, 0.2) is 41.0 Å². The normalized spacial score (nSPS) is 13.7. The van der Waals surface area contributed by atoms with Crippen molar-refractivity contribution in [2.75, 3.05) is 17.2 Å². The second-order valence-corrected chi connectivity index (χ2v) is 5.40. The molecule has 2 heterocycles. The molecule has 18 heavy (non-hydrogen) atoms. The Morgan fingerprint density at radius 2 is 2.17 bits per heavy atom. The number of nitrogen functional groups attached to an aromatic ring is 1. The highest BCUT2D eigenvalue weighted by atomic mass is 79.9. The van der Waals surface area contributed by atoms with Gasteiger partial charge in [0.2, 0.25) is 0 Å². The summed E-state index contributed by atoms with van der Waals surface area (Å²) in [7, 11) is 0. The Morgan fingerprint density at radius 1 is 1.28 bits per heavy atom. The Bertz CT molecular complexity index is 566. The van der Waals surface area contributed by atoms with Crippen molar-refractivity contribution in [1.29, 1.82) is 0 Å². The number of fused-ring (bicyclic) bond motifs is 1. The molecule has 0 unspecified atom stereocenters.